The zero-order valence-corrected chi connectivity index (χ0v) is 19.3. The SMILES string of the molecule is CCOC(=O)C(Cc1ccc(C#CCc2nc(-c3ccccc3)oc2C)cc1)c1cccnc1. The van der Waals surface area contributed by atoms with Gasteiger partial charge in [-0.25, -0.2) is 4.98 Å². The molecule has 5 heteroatoms. The number of nitrogens with zero attached hydrogens (tertiary/aromatic N) is 2. The first kappa shape index (κ1) is 23.0. The van der Waals surface area contributed by atoms with Crippen LogP contribution >= 0.6 is 0 Å². The van der Waals surface area contributed by atoms with Gasteiger partial charge in [0.1, 0.15) is 5.76 Å². The van der Waals surface area contributed by atoms with Gasteiger partial charge in [-0.3, -0.25) is 9.78 Å². The average molecular weight is 451 g/mol. The first-order valence-corrected chi connectivity index (χ1v) is 11.3. The van der Waals surface area contributed by atoms with E-state index in [0.717, 1.165) is 33.7 Å². The molecule has 2 aromatic heterocycles. The maximum absolute atomic E-state index is 12.5. The maximum Gasteiger partial charge on any atom is 0.313 e. The Hall–Kier alpha value is -4.17. The Kier molecular flexibility index (Phi) is 7.52. The molecule has 0 spiro atoms. The molecule has 1 atom stereocenters. The highest BCUT2D eigenvalue weighted by Crippen LogP contribution is 2.23. The van der Waals surface area contributed by atoms with Crippen LogP contribution in [-0.2, 0) is 22.4 Å². The number of aryl methyl sites for hydroxylation is 1. The molecule has 0 saturated carbocycles. The second kappa shape index (κ2) is 11.1. The van der Waals surface area contributed by atoms with Gasteiger partial charge >= 0.3 is 5.97 Å². The number of ether oxygens (including phenoxy) is 1. The van der Waals surface area contributed by atoms with Crippen LogP contribution in [0.15, 0.2) is 83.5 Å². The molecule has 0 aliphatic carbocycles. The summed E-state index contributed by atoms with van der Waals surface area (Å²) in [5.41, 5.74) is 4.58. The molecule has 170 valence electrons. The van der Waals surface area contributed by atoms with Crippen LogP contribution in [0, 0.1) is 18.8 Å². The molecule has 0 saturated heterocycles. The van der Waals surface area contributed by atoms with Crippen molar-refractivity contribution >= 4 is 5.97 Å². The van der Waals surface area contributed by atoms with Gasteiger partial charge in [0.25, 0.3) is 0 Å². The third-order valence-electron chi connectivity index (χ3n) is 5.45. The molecule has 2 heterocycles. The fraction of sp³-hybridized carbons (Fsp3) is 0.207. The van der Waals surface area contributed by atoms with Crippen LogP contribution < -0.4 is 0 Å². The van der Waals surface area contributed by atoms with Gasteiger partial charge in [0.05, 0.1) is 24.6 Å². The number of benzene rings is 2. The van der Waals surface area contributed by atoms with Crippen molar-refractivity contribution < 1.29 is 13.9 Å². The second-order valence-electron chi connectivity index (χ2n) is 7.86. The Morgan fingerprint density at radius 1 is 1.06 bits per heavy atom. The summed E-state index contributed by atoms with van der Waals surface area (Å²) < 4.78 is 11.1. The molecular weight excluding hydrogens is 424 g/mol. The highest BCUT2D eigenvalue weighted by Gasteiger charge is 2.22. The monoisotopic (exact) mass is 450 g/mol. The number of carbonyl (C=O) groups excluding carboxylic acids is 1. The van der Waals surface area contributed by atoms with Crippen molar-refractivity contribution in [3.05, 3.63) is 107 Å². The summed E-state index contributed by atoms with van der Waals surface area (Å²) in [6, 6.07) is 21.5. The predicted molar refractivity (Wildman–Crippen MR) is 131 cm³/mol. The van der Waals surface area contributed by atoms with Gasteiger partial charge in [-0.2, -0.15) is 0 Å². The molecule has 0 aliphatic heterocycles. The standard InChI is InChI=1S/C29H26N2O3/c1-3-33-29(32)26(25-12-8-18-30-20-25)19-23-16-14-22(15-17-23)9-7-13-27-21(2)34-28(31-27)24-10-5-4-6-11-24/h4-6,8,10-12,14-18,20,26H,3,13,19H2,1-2H3. The highest BCUT2D eigenvalue weighted by molar-refractivity contribution is 5.78. The van der Waals surface area contributed by atoms with E-state index in [-0.39, 0.29) is 11.9 Å². The summed E-state index contributed by atoms with van der Waals surface area (Å²) in [5, 5.41) is 0. The van der Waals surface area contributed by atoms with Crippen LogP contribution in [-0.4, -0.2) is 22.5 Å². The summed E-state index contributed by atoms with van der Waals surface area (Å²) in [7, 11) is 0. The molecule has 2 aromatic carbocycles. The number of aromatic nitrogens is 2. The number of esters is 1. The fourth-order valence-electron chi connectivity index (χ4n) is 3.65. The minimum atomic E-state index is -0.389. The first-order valence-electron chi connectivity index (χ1n) is 11.3. The molecular formula is C29H26N2O3. The van der Waals surface area contributed by atoms with Crippen molar-refractivity contribution in [2.75, 3.05) is 6.61 Å². The van der Waals surface area contributed by atoms with Crippen LogP contribution in [0.5, 0.6) is 0 Å². The molecule has 0 aliphatic rings. The zero-order valence-electron chi connectivity index (χ0n) is 19.3. The lowest BCUT2D eigenvalue weighted by Crippen LogP contribution is -2.18. The first-order chi connectivity index (χ1) is 16.6. The van der Waals surface area contributed by atoms with Crippen LogP contribution in [0.25, 0.3) is 11.5 Å². The Labute approximate surface area is 199 Å². The second-order valence-corrected chi connectivity index (χ2v) is 7.86. The molecule has 34 heavy (non-hydrogen) atoms. The van der Waals surface area contributed by atoms with Gasteiger partial charge in [-0.05, 0) is 61.7 Å². The van der Waals surface area contributed by atoms with Gasteiger partial charge in [0.15, 0.2) is 0 Å². The average Bonchev–Trinajstić information content (AvgIpc) is 3.25. The Balaban J connectivity index is 1.43. The van der Waals surface area contributed by atoms with Crippen molar-refractivity contribution in [2.45, 2.75) is 32.6 Å². The minimum Gasteiger partial charge on any atom is -0.466 e. The smallest absolute Gasteiger partial charge is 0.313 e. The fourth-order valence-corrected chi connectivity index (χ4v) is 3.65. The van der Waals surface area contributed by atoms with E-state index in [2.05, 4.69) is 21.8 Å². The largest absolute Gasteiger partial charge is 0.466 e. The van der Waals surface area contributed by atoms with Crippen molar-refractivity contribution in [1.29, 1.82) is 0 Å². The van der Waals surface area contributed by atoms with E-state index in [9.17, 15) is 4.79 Å². The van der Waals surface area contributed by atoms with E-state index in [4.69, 9.17) is 9.15 Å². The predicted octanol–water partition coefficient (Wildman–Crippen LogP) is 5.53. The third kappa shape index (κ3) is 5.79. The number of pyridine rings is 1. The summed E-state index contributed by atoms with van der Waals surface area (Å²) in [6.45, 7) is 4.07. The Morgan fingerprint density at radius 2 is 1.85 bits per heavy atom. The minimum absolute atomic E-state index is 0.239. The summed E-state index contributed by atoms with van der Waals surface area (Å²) >= 11 is 0. The molecule has 0 bridgehead atoms. The van der Waals surface area contributed by atoms with E-state index < -0.39 is 0 Å². The normalized spacial score (nSPS) is 11.4. The molecule has 4 aromatic rings. The van der Waals surface area contributed by atoms with Gasteiger partial charge in [-0.1, -0.05) is 48.2 Å². The molecule has 1 unspecified atom stereocenters. The lowest BCUT2D eigenvalue weighted by molar-refractivity contribution is -0.144. The number of carbonyl (C=O) groups is 1. The molecule has 0 fully saturated rings. The van der Waals surface area contributed by atoms with Gasteiger partial charge < -0.3 is 9.15 Å². The number of rotatable bonds is 7. The van der Waals surface area contributed by atoms with Gasteiger partial charge in [0, 0.05) is 23.5 Å². The van der Waals surface area contributed by atoms with E-state index in [0.29, 0.717) is 25.3 Å². The maximum atomic E-state index is 12.5. The van der Waals surface area contributed by atoms with E-state index in [1.165, 1.54) is 0 Å². The van der Waals surface area contributed by atoms with E-state index in [1.807, 2.05) is 80.6 Å². The topological polar surface area (TPSA) is 65.2 Å². The number of hydrogen-bond acceptors (Lipinski definition) is 5. The van der Waals surface area contributed by atoms with E-state index >= 15 is 0 Å². The quantitative estimate of drug-likeness (QED) is 0.274. The number of oxazole rings is 1. The van der Waals surface area contributed by atoms with Crippen LogP contribution in [0.2, 0.25) is 0 Å². The molecule has 5 nitrogen and oxygen atoms in total. The highest BCUT2D eigenvalue weighted by atomic mass is 16.5. The number of hydrogen-bond donors (Lipinski definition) is 0. The Bertz CT molecular complexity index is 1280. The zero-order chi connectivity index (χ0) is 23.8. The van der Waals surface area contributed by atoms with Crippen LogP contribution in [0.1, 0.15) is 41.0 Å². The van der Waals surface area contributed by atoms with Crippen molar-refractivity contribution in [3.63, 3.8) is 0 Å². The van der Waals surface area contributed by atoms with Crippen LogP contribution in [0.3, 0.4) is 0 Å². The summed E-state index contributed by atoms with van der Waals surface area (Å²) in [4.78, 5) is 21.3. The summed E-state index contributed by atoms with van der Waals surface area (Å²) in [5.74, 6) is 7.15. The molecule has 0 radical (unpaired) electrons. The van der Waals surface area contributed by atoms with Crippen molar-refractivity contribution in [1.82, 2.24) is 9.97 Å². The third-order valence-corrected chi connectivity index (χ3v) is 5.45. The van der Waals surface area contributed by atoms with Gasteiger partial charge in [0.2, 0.25) is 5.89 Å². The lowest BCUT2D eigenvalue weighted by atomic mass is 9.93. The van der Waals surface area contributed by atoms with Gasteiger partial charge in [-0.15, -0.1) is 0 Å². The van der Waals surface area contributed by atoms with E-state index in [1.54, 1.807) is 12.4 Å². The van der Waals surface area contributed by atoms with Crippen LogP contribution in [0.4, 0.5) is 0 Å². The molecule has 4 rings (SSSR count). The lowest BCUT2D eigenvalue weighted by Gasteiger charge is -2.15. The molecule has 0 amide bonds. The summed E-state index contributed by atoms with van der Waals surface area (Å²) in [6.07, 6.45) is 4.47. The van der Waals surface area contributed by atoms with Crippen molar-refractivity contribution in [3.8, 4) is 23.3 Å². The molecule has 0 N–H and O–H groups in total. The Morgan fingerprint density at radius 3 is 2.56 bits per heavy atom. The van der Waals surface area contributed by atoms with Crippen molar-refractivity contribution in [2.24, 2.45) is 0 Å².